The predicted octanol–water partition coefficient (Wildman–Crippen LogP) is 3.29. The molecule has 2 heterocycles. The minimum atomic E-state index is -3.83. The normalized spacial score (nSPS) is 17.7. The van der Waals surface area contributed by atoms with Crippen LogP contribution >= 0.6 is 0 Å². The molecule has 9 heteroatoms. The van der Waals surface area contributed by atoms with Gasteiger partial charge in [0.05, 0.1) is 16.3 Å². The Balaban J connectivity index is 1.50. The molecular weight excluding hydrogens is 430 g/mol. The highest BCUT2D eigenvalue weighted by Gasteiger charge is 2.33. The van der Waals surface area contributed by atoms with Gasteiger partial charge in [-0.15, -0.1) is 0 Å². The monoisotopic (exact) mass is 457 g/mol. The van der Waals surface area contributed by atoms with Gasteiger partial charge in [-0.3, -0.25) is 9.36 Å². The maximum absolute atomic E-state index is 13.2. The number of piperidine rings is 1. The Morgan fingerprint density at radius 3 is 2.56 bits per heavy atom. The molecule has 1 saturated heterocycles. The van der Waals surface area contributed by atoms with Crippen molar-refractivity contribution in [1.82, 2.24) is 8.87 Å². The van der Waals surface area contributed by atoms with Crippen molar-refractivity contribution in [3.63, 3.8) is 0 Å². The number of hydrogen-bond donors (Lipinski definition) is 1. The van der Waals surface area contributed by atoms with E-state index in [4.69, 9.17) is 4.42 Å². The van der Waals surface area contributed by atoms with E-state index in [9.17, 15) is 18.0 Å². The van der Waals surface area contributed by atoms with Crippen LogP contribution in [0.4, 0.5) is 5.69 Å². The number of aromatic nitrogens is 1. The molecule has 1 atom stereocenters. The van der Waals surface area contributed by atoms with Gasteiger partial charge in [-0.05, 0) is 48.6 Å². The Morgan fingerprint density at radius 1 is 1.16 bits per heavy atom. The minimum absolute atomic E-state index is 0.0460. The fourth-order valence-electron chi connectivity index (χ4n) is 3.99. The number of aryl methyl sites for hydroxylation is 1. The van der Waals surface area contributed by atoms with Gasteiger partial charge in [0.1, 0.15) is 0 Å². The van der Waals surface area contributed by atoms with E-state index in [0.29, 0.717) is 36.5 Å². The molecule has 0 spiro atoms. The predicted molar refractivity (Wildman–Crippen MR) is 122 cm³/mol. The molecule has 1 N–H and O–H groups in total. The van der Waals surface area contributed by atoms with Crippen LogP contribution < -0.4 is 11.1 Å². The van der Waals surface area contributed by atoms with Gasteiger partial charge >= 0.3 is 5.76 Å². The van der Waals surface area contributed by atoms with E-state index in [-0.39, 0.29) is 22.9 Å². The van der Waals surface area contributed by atoms with Crippen molar-refractivity contribution < 1.29 is 17.6 Å². The molecule has 2 aromatic carbocycles. The van der Waals surface area contributed by atoms with Gasteiger partial charge in [0.25, 0.3) is 0 Å². The highest BCUT2D eigenvalue weighted by Crippen LogP contribution is 2.27. The largest absolute Gasteiger partial charge is 0.419 e. The Bertz CT molecular complexity index is 1310. The lowest BCUT2D eigenvalue weighted by Crippen LogP contribution is -2.43. The van der Waals surface area contributed by atoms with Crippen LogP contribution in [0.15, 0.2) is 56.6 Å². The van der Waals surface area contributed by atoms with Crippen molar-refractivity contribution in [3.8, 4) is 0 Å². The van der Waals surface area contributed by atoms with Crippen LogP contribution in [0, 0.1) is 5.92 Å². The van der Waals surface area contributed by atoms with Crippen LogP contribution in [-0.2, 0) is 21.9 Å². The number of benzene rings is 2. The summed E-state index contributed by atoms with van der Waals surface area (Å²) in [4.78, 5) is 24.6. The van der Waals surface area contributed by atoms with Gasteiger partial charge in [0.15, 0.2) is 5.58 Å². The molecule has 1 aliphatic rings. The first-order valence-electron chi connectivity index (χ1n) is 10.7. The molecule has 1 fully saturated rings. The highest BCUT2D eigenvalue weighted by molar-refractivity contribution is 7.89. The number of carbonyl (C=O) groups is 1. The summed E-state index contributed by atoms with van der Waals surface area (Å²) in [6.07, 6.45) is 1.21. The zero-order valence-corrected chi connectivity index (χ0v) is 19.2. The van der Waals surface area contributed by atoms with E-state index in [2.05, 4.69) is 19.2 Å². The van der Waals surface area contributed by atoms with Crippen LogP contribution in [0.1, 0.15) is 38.2 Å². The van der Waals surface area contributed by atoms with Crippen molar-refractivity contribution in [1.29, 1.82) is 0 Å². The molecule has 0 aliphatic carbocycles. The van der Waals surface area contributed by atoms with Crippen LogP contribution in [-0.4, -0.2) is 36.3 Å². The third-order valence-electron chi connectivity index (χ3n) is 6.00. The Hall–Kier alpha value is -2.91. The number of rotatable bonds is 5. The topological polar surface area (TPSA) is 102 Å². The number of carbonyl (C=O) groups excluding carboxylic acids is 1. The zero-order valence-electron chi connectivity index (χ0n) is 18.4. The van der Waals surface area contributed by atoms with Crippen molar-refractivity contribution in [2.24, 2.45) is 13.0 Å². The number of oxazole rings is 1. The molecule has 4 rings (SSSR count). The maximum atomic E-state index is 13.2. The first kappa shape index (κ1) is 22.3. The van der Waals surface area contributed by atoms with Gasteiger partial charge in [-0.1, -0.05) is 26.0 Å². The van der Waals surface area contributed by atoms with Crippen LogP contribution in [0.5, 0.6) is 0 Å². The van der Waals surface area contributed by atoms with Gasteiger partial charge in [-0.25, -0.2) is 13.2 Å². The maximum Gasteiger partial charge on any atom is 0.419 e. The number of nitrogens with one attached hydrogen (secondary N) is 1. The molecule has 1 amide bonds. The average Bonchev–Trinajstić information content (AvgIpc) is 3.07. The molecule has 0 radical (unpaired) electrons. The first-order valence-corrected chi connectivity index (χ1v) is 12.1. The lowest BCUT2D eigenvalue weighted by atomic mass is 9.98. The molecule has 170 valence electrons. The van der Waals surface area contributed by atoms with Gasteiger partial charge in [0.2, 0.25) is 15.9 Å². The van der Waals surface area contributed by atoms with Crippen molar-refractivity contribution in [2.75, 3.05) is 18.4 Å². The van der Waals surface area contributed by atoms with Gasteiger partial charge in [0, 0.05) is 31.9 Å². The minimum Gasteiger partial charge on any atom is -0.408 e. The summed E-state index contributed by atoms with van der Waals surface area (Å²) in [5.74, 6) is -0.779. The van der Waals surface area contributed by atoms with Gasteiger partial charge < -0.3 is 9.73 Å². The zero-order chi connectivity index (χ0) is 23.0. The quantitative estimate of drug-likeness (QED) is 0.633. The SMILES string of the molecule is CC(C)c1ccc(NC(=O)C2CCCN(S(=O)(=O)c3ccc4c(c3)oc(=O)n4C)C2)cc1. The smallest absolute Gasteiger partial charge is 0.408 e. The van der Waals surface area contributed by atoms with E-state index < -0.39 is 21.7 Å². The molecule has 0 bridgehead atoms. The Labute approximate surface area is 186 Å². The molecule has 8 nitrogen and oxygen atoms in total. The Morgan fingerprint density at radius 2 is 1.88 bits per heavy atom. The van der Waals surface area contributed by atoms with Crippen LogP contribution in [0.25, 0.3) is 11.1 Å². The van der Waals surface area contributed by atoms with E-state index >= 15 is 0 Å². The van der Waals surface area contributed by atoms with Crippen molar-refractivity contribution in [3.05, 3.63) is 58.6 Å². The first-order chi connectivity index (χ1) is 15.2. The number of nitrogens with zero attached hydrogens (tertiary/aromatic N) is 2. The summed E-state index contributed by atoms with van der Waals surface area (Å²) in [5.41, 5.74) is 2.62. The number of sulfonamides is 1. The number of fused-ring (bicyclic) bond motifs is 1. The van der Waals surface area contributed by atoms with E-state index in [1.807, 2.05) is 24.3 Å². The van der Waals surface area contributed by atoms with Crippen molar-refractivity contribution >= 4 is 32.7 Å². The highest BCUT2D eigenvalue weighted by atomic mass is 32.2. The van der Waals surface area contributed by atoms with Crippen LogP contribution in [0.2, 0.25) is 0 Å². The third kappa shape index (κ3) is 4.22. The number of anilines is 1. The third-order valence-corrected chi connectivity index (χ3v) is 7.86. The van der Waals surface area contributed by atoms with Crippen LogP contribution in [0.3, 0.4) is 0 Å². The molecule has 1 aliphatic heterocycles. The summed E-state index contributed by atoms with van der Waals surface area (Å²) in [6, 6.07) is 12.1. The van der Waals surface area contributed by atoms with E-state index in [0.717, 1.165) is 0 Å². The summed E-state index contributed by atoms with van der Waals surface area (Å²) in [6.45, 7) is 4.66. The second-order valence-corrected chi connectivity index (χ2v) is 10.5. The molecule has 1 unspecified atom stereocenters. The van der Waals surface area contributed by atoms with E-state index in [1.54, 1.807) is 13.1 Å². The van der Waals surface area contributed by atoms with Gasteiger partial charge in [-0.2, -0.15) is 4.31 Å². The second kappa shape index (κ2) is 8.55. The van der Waals surface area contributed by atoms with Crippen molar-refractivity contribution in [2.45, 2.75) is 37.5 Å². The summed E-state index contributed by atoms with van der Waals surface area (Å²) in [7, 11) is -2.27. The fourth-order valence-corrected chi connectivity index (χ4v) is 5.53. The number of hydrogen-bond acceptors (Lipinski definition) is 5. The fraction of sp³-hybridized carbons (Fsp3) is 0.391. The average molecular weight is 458 g/mol. The second-order valence-electron chi connectivity index (χ2n) is 8.52. The summed E-state index contributed by atoms with van der Waals surface area (Å²) in [5, 5.41) is 2.91. The molecular formula is C23H27N3O5S. The molecule has 0 saturated carbocycles. The summed E-state index contributed by atoms with van der Waals surface area (Å²) < 4.78 is 34.2. The Kier molecular flexibility index (Phi) is 5.96. The van der Waals surface area contributed by atoms with E-state index in [1.165, 1.54) is 26.6 Å². The number of amides is 1. The summed E-state index contributed by atoms with van der Waals surface area (Å²) >= 11 is 0. The lowest BCUT2D eigenvalue weighted by molar-refractivity contribution is -0.120. The standard InChI is InChI=1S/C23H27N3O5S/c1-15(2)16-6-8-18(9-7-16)24-22(27)17-5-4-12-26(14-17)32(29,30)19-10-11-20-21(13-19)31-23(28)25(20)3/h6-11,13,15,17H,4-5,12,14H2,1-3H3,(H,24,27). The lowest BCUT2D eigenvalue weighted by Gasteiger charge is -2.31. The molecule has 32 heavy (non-hydrogen) atoms. The molecule has 1 aromatic heterocycles. The molecule has 3 aromatic rings.